The van der Waals surface area contributed by atoms with Crippen molar-refractivity contribution in [3.8, 4) is 0 Å². The molecule has 2 heterocycles. The highest BCUT2D eigenvalue weighted by atomic mass is 35.5. The van der Waals surface area contributed by atoms with Gasteiger partial charge in [0.15, 0.2) is 0 Å². The van der Waals surface area contributed by atoms with E-state index in [1.165, 1.54) is 13.0 Å². The Morgan fingerprint density at radius 2 is 1.87 bits per heavy atom. The fourth-order valence-electron chi connectivity index (χ4n) is 3.49. The van der Waals surface area contributed by atoms with Gasteiger partial charge in [-0.1, -0.05) is 6.92 Å². The molecule has 0 aromatic heterocycles. The molecule has 0 spiro atoms. The summed E-state index contributed by atoms with van der Waals surface area (Å²) in [6.45, 7) is 11.7. The fraction of sp³-hybridized carbons (Fsp3) is 1.00. The number of hydrogen-bond acceptors (Lipinski definition) is 4. The molecule has 2 atom stereocenters. The quantitative estimate of drug-likeness (QED) is 0.508. The van der Waals surface area contributed by atoms with Gasteiger partial charge in [0.1, 0.15) is 6.17 Å². The Labute approximate surface area is 146 Å². The normalized spacial score (nSPS) is 26.5. The highest BCUT2D eigenvalue weighted by Gasteiger charge is 2.27. The van der Waals surface area contributed by atoms with Crippen LogP contribution < -0.4 is 5.32 Å². The molecular weight excluding hydrogens is 315 g/mol. The lowest BCUT2D eigenvalue weighted by Crippen LogP contribution is -2.62. The molecule has 2 fully saturated rings. The van der Waals surface area contributed by atoms with Gasteiger partial charge in [0.25, 0.3) is 0 Å². The molecule has 4 nitrogen and oxygen atoms in total. The first kappa shape index (κ1) is 19.4. The summed E-state index contributed by atoms with van der Waals surface area (Å²) in [5.41, 5.74) is 0. The smallest absolute Gasteiger partial charge is 0.101 e. The summed E-state index contributed by atoms with van der Waals surface area (Å²) in [5.74, 6) is 0.777. The van der Waals surface area contributed by atoms with E-state index >= 15 is 0 Å². The van der Waals surface area contributed by atoms with Crippen molar-refractivity contribution in [3.05, 3.63) is 0 Å². The third kappa shape index (κ3) is 6.83. The van der Waals surface area contributed by atoms with E-state index in [9.17, 15) is 4.39 Å². The fourth-order valence-corrected chi connectivity index (χ4v) is 3.68. The average Bonchev–Trinajstić information content (AvgIpc) is 2.61. The summed E-state index contributed by atoms with van der Waals surface area (Å²) in [7, 11) is 0. The van der Waals surface area contributed by atoms with Gasteiger partial charge in [0, 0.05) is 58.2 Å². The van der Waals surface area contributed by atoms with Gasteiger partial charge in [0.05, 0.1) is 6.17 Å². The average molecular weight is 349 g/mol. The van der Waals surface area contributed by atoms with Crippen molar-refractivity contribution in [1.29, 1.82) is 0 Å². The van der Waals surface area contributed by atoms with Crippen molar-refractivity contribution in [2.45, 2.75) is 44.9 Å². The summed E-state index contributed by atoms with van der Waals surface area (Å²) in [4.78, 5) is 7.55. The summed E-state index contributed by atoms with van der Waals surface area (Å²) < 4.78 is 13.4. The van der Waals surface area contributed by atoms with Crippen LogP contribution in [0, 0.1) is 0 Å². The first-order valence-electron chi connectivity index (χ1n) is 9.35. The van der Waals surface area contributed by atoms with Crippen LogP contribution in [-0.4, -0.2) is 91.8 Å². The molecule has 2 aliphatic heterocycles. The van der Waals surface area contributed by atoms with Gasteiger partial charge in [-0.25, -0.2) is 4.39 Å². The summed E-state index contributed by atoms with van der Waals surface area (Å²) >= 11 is 5.75. The lowest BCUT2D eigenvalue weighted by Gasteiger charge is -2.44. The lowest BCUT2D eigenvalue weighted by molar-refractivity contribution is 0.0392. The van der Waals surface area contributed by atoms with Gasteiger partial charge in [0.2, 0.25) is 0 Å². The molecule has 2 rings (SSSR count). The van der Waals surface area contributed by atoms with E-state index in [2.05, 4.69) is 20.0 Å². The van der Waals surface area contributed by atoms with E-state index in [0.717, 1.165) is 64.7 Å². The van der Waals surface area contributed by atoms with E-state index in [0.29, 0.717) is 19.0 Å². The van der Waals surface area contributed by atoms with E-state index in [1.807, 2.05) is 6.92 Å². The Morgan fingerprint density at radius 3 is 2.57 bits per heavy atom. The predicted octanol–water partition coefficient (Wildman–Crippen LogP) is 1.99. The largest absolute Gasteiger partial charge is 0.301 e. The molecule has 136 valence electrons. The maximum Gasteiger partial charge on any atom is 0.101 e. The molecule has 0 aliphatic carbocycles. The highest BCUT2D eigenvalue weighted by Crippen LogP contribution is 2.12. The Morgan fingerprint density at radius 1 is 1.09 bits per heavy atom. The van der Waals surface area contributed by atoms with Crippen LogP contribution in [0.25, 0.3) is 0 Å². The van der Waals surface area contributed by atoms with Crippen LogP contribution in [0.5, 0.6) is 0 Å². The molecule has 23 heavy (non-hydrogen) atoms. The SMILES string of the molecule is CCC(F)CCN1CCNC(N2CCN(CCCCCl)CC2)C1. The third-order valence-corrected chi connectivity index (χ3v) is 5.41. The lowest BCUT2D eigenvalue weighted by atomic mass is 10.2. The minimum Gasteiger partial charge on any atom is -0.301 e. The zero-order valence-corrected chi connectivity index (χ0v) is 15.4. The van der Waals surface area contributed by atoms with Gasteiger partial charge in [-0.2, -0.15) is 0 Å². The molecule has 0 amide bonds. The van der Waals surface area contributed by atoms with Crippen LogP contribution in [-0.2, 0) is 0 Å². The molecule has 0 aromatic rings. The molecule has 2 aliphatic rings. The van der Waals surface area contributed by atoms with E-state index in [-0.39, 0.29) is 0 Å². The molecule has 0 bridgehead atoms. The van der Waals surface area contributed by atoms with Gasteiger partial charge in [-0.05, 0) is 32.2 Å². The van der Waals surface area contributed by atoms with Crippen molar-refractivity contribution in [2.75, 3.05) is 64.8 Å². The monoisotopic (exact) mass is 348 g/mol. The van der Waals surface area contributed by atoms with E-state index < -0.39 is 6.17 Å². The molecule has 0 aromatic carbocycles. The van der Waals surface area contributed by atoms with E-state index in [4.69, 9.17) is 11.6 Å². The Hall–Kier alpha value is 0.0600. The topological polar surface area (TPSA) is 21.8 Å². The number of hydrogen-bond donors (Lipinski definition) is 1. The Kier molecular flexibility index (Phi) is 9.13. The third-order valence-electron chi connectivity index (χ3n) is 5.15. The first-order chi connectivity index (χ1) is 11.2. The van der Waals surface area contributed by atoms with Crippen LogP contribution >= 0.6 is 11.6 Å². The minimum atomic E-state index is -0.639. The number of alkyl halides is 2. The highest BCUT2D eigenvalue weighted by molar-refractivity contribution is 6.17. The molecule has 2 saturated heterocycles. The molecule has 6 heteroatoms. The second kappa shape index (κ2) is 10.8. The zero-order valence-electron chi connectivity index (χ0n) is 14.7. The number of unbranched alkanes of at least 4 members (excludes halogenated alkanes) is 1. The Bertz CT molecular complexity index is 313. The maximum absolute atomic E-state index is 13.4. The van der Waals surface area contributed by atoms with Crippen molar-refractivity contribution >= 4 is 11.6 Å². The van der Waals surface area contributed by atoms with Gasteiger partial charge < -0.3 is 4.90 Å². The minimum absolute atomic E-state index is 0.438. The standard InChI is InChI=1S/C17H34ClFN4/c1-2-16(19)5-9-22-10-7-20-17(15-22)23-13-11-21(12-14-23)8-4-3-6-18/h16-17,20H,2-15H2,1H3. The van der Waals surface area contributed by atoms with Crippen LogP contribution in [0.4, 0.5) is 4.39 Å². The van der Waals surface area contributed by atoms with E-state index in [1.54, 1.807) is 0 Å². The van der Waals surface area contributed by atoms with Crippen LogP contribution in [0.2, 0.25) is 0 Å². The van der Waals surface area contributed by atoms with Crippen LogP contribution in [0.1, 0.15) is 32.6 Å². The van der Waals surface area contributed by atoms with Crippen molar-refractivity contribution in [2.24, 2.45) is 0 Å². The molecule has 1 N–H and O–H groups in total. The number of rotatable bonds is 9. The van der Waals surface area contributed by atoms with Crippen molar-refractivity contribution in [3.63, 3.8) is 0 Å². The molecule has 2 unspecified atom stereocenters. The predicted molar refractivity (Wildman–Crippen MR) is 96.0 cm³/mol. The zero-order chi connectivity index (χ0) is 16.5. The molecule has 0 radical (unpaired) electrons. The second-order valence-electron chi connectivity index (χ2n) is 6.84. The van der Waals surface area contributed by atoms with Crippen molar-refractivity contribution in [1.82, 2.24) is 20.0 Å². The Balaban J connectivity index is 1.66. The van der Waals surface area contributed by atoms with Gasteiger partial charge in [-0.15, -0.1) is 11.6 Å². The number of piperazine rings is 2. The van der Waals surface area contributed by atoms with Crippen LogP contribution in [0.3, 0.4) is 0 Å². The van der Waals surface area contributed by atoms with Crippen molar-refractivity contribution < 1.29 is 4.39 Å². The molecular formula is C17H34ClFN4. The summed E-state index contributed by atoms with van der Waals surface area (Å²) in [5, 5.41) is 3.64. The van der Waals surface area contributed by atoms with Gasteiger partial charge >= 0.3 is 0 Å². The van der Waals surface area contributed by atoms with Crippen LogP contribution in [0.15, 0.2) is 0 Å². The number of halogens is 2. The number of nitrogens with zero attached hydrogens (tertiary/aromatic N) is 3. The maximum atomic E-state index is 13.4. The summed E-state index contributed by atoms with van der Waals surface area (Å²) in [6, 6.07) is 0. The first-order valence-corrected chi connectivity index (χ1v) is 9.88. The number of nitrogens with one attached hydrogen (secondary N) is 1. The second-order valence-corrected chi connectivity index (χ2v) is 7.22. The molecule has 0 saturated carbocycles. The summed E-state index contributed by atoms with van der Waals surface area (Å²) in [6.07, 6.45) is 3.45. The van der Waals surface area contributed by atoms with Gasteiger partial charge in [-0.3, -0.25) is 15.1 Å².